The van der Waals surface area contributed by atoms with E-state index in [1.807, 2.05) is 86.6 Å². The zero-order valence-electron chi connectivity index (χ0n) is 29.3. The van der Waals surface area contributed by atoms with Crippen LogP contribution in [0, 0.1) is 42.6 Å². The molecule has 53 heavy (non-hydrogen) atoms. The number of nitrogens with zero attached hydrogens (tertiary/aromatic N) is 4. The number of hydrogen-bond donors (Lipinski definition) is 1. The van der Waals surface area contributed by atoms with Gasteiger partial charge in [0.15, 0.2) is 5.78 Å². The molecule has 6 aromatic rings. The van der Waals surface area contributed by atoms with Crippen LogP contribution in [-0.2, 0) is 65.1 Å². The van der Waals surface area contributed by atoms with Crippen molar-refractivity contribution in [3.8, 4) is 33.8 Å². The van der Waals surface area contributed by atoms with Crippen molar-refractivity contribution >= 4 is 11.5 Å². The quantitative estimate of drug-likeness (QED) is 0.105. The molecule has 0 amide bonds. The summed E-state index contributed by atoms with van der Waals surface area (Å²) in [6.45, 7) is 4.73. The van der Waals surface area contributed by atoms with E-state index in [9.17, 15) is 18.0 Å². The minimum Gasteiger partial charge on any atom is -0.512 e. The van der Waals surface area contributed by atoms with Gasteiger partial charge in [-0.3, -0.25) is 18.0 Å². The smallest absolute Gasteiger partial charge is 0.155 e. The number of halogens is 3. The van der Waals surface area contributed by atoms with Crippen LogP contribution in [0.4, 0.5) is 18.9 Å². The van der Waals surface area contributed by atoms with Gasteiger partial charge in [-0.15, -0.1) is 77.9 Å². The maximum Gasteiger partial charge on any atom is 0.155 e. The van der Waals surface area contributed by atoms with Crippen molar-refractivity contribution in [3.05, 3.63) is 169 Å². The minimum absolute atomic E-state index is 0. The van der Waals surface area contributed by atoms with Gasteiger partial charge in [-0.25, -0.2) is 0 Å². The second-order valence-electron chi connectivity index (χ2n) is 10.9. The van der Waals surface area contributed by atoms with E-state index in [1.54, 1.807) is 30.7 Å². The molecule has 0 atom stereocenters. The maximum atomic E-state index is 13.4. The van der Waals surface area contributed by atoms with E-state index in [1.165, 1.54) is 32.1 Å². The average Bonchev–Trinajstić information content (AvgIpc) is 3.10. The first-order chi connectivity index (χ1) is 23.9. The molecule has 283 valence electrons. The topological polar surface area (TPSA) is 79.2 Å². The zero-order valence-corrected chi connectivity index (χ0v) is 36.5. The number of rotatable bonds is 5. The number of carbonyl (C=O) groups excluding carboxylic acids is 1. The number of hydrogen-bond acceptors (Lipinski definition) is 6. The van der Waals surface area contributed by atoms with E-state index in [0.29, 0.717) is 5.69 Å². The van der Waals surface area contributed by atoms with Crippen LogP contribution in [0.1, 0.15) is 19.4 Å². The summed E-state index contributed by atoms with van der Waals surface area (Å²) in [5.41, 5.74) is 6.29. The summed E-state index contributed by atoms with van der Waals surface area (Å²) in [6.07, 6.45) is 6.28. The van der Waals surface area contributed by atoms with E-state index < -0.39 is 11.6 Å². The predicted octanol–water partition coefficient (Wildman–Crippen LogP) is 9.47. The summed E-state index contributed by atoms with van der Waals surface area (Å²) in [5, 5.41) is 8.36. The van der Waals surface area contributed by atoms with Crippen LogP contribution in [0.15, 0.2) is 127 Å². The molecule has 0 saturated heterocycles. The molecule has 0 unspecified atom stereocenters. The third-order valence-electron chi connectivity index (χ3n) is 6.40. The minimum atomic E-state index is -0.645. The number of allylic oxidation sites excluding steroid dienone is 2. The Bertz CT molecular complexity index is 1940. The van der Waals surface area contributed by atoms with Gasteiger partial charge in [0.05, 0.1) is 5.76 Å². The SMILES string of the molecule is CC(=O)C=C(C)O.CN(C)c1ccnc(-c2[c-]cc(F)cc2)c1.Cc1ccnc(-c2[c-]cc(F)cc2F)c1.[Ir].[Ir].[Ir].[c-]1ccccc1-c1ccccn1. The second kappa shape index (κ2) is 25.8. The van der Waals surface area contributed by atoms with Crippen molar-refractivity contribution in [1.29, 1.82) is 0 Å². The Balaban J connectivity index is 0.000000691. The van der Waals surface area contributed by atoms with Gasteiger partial charge in [0.25, 0.3) is 0 Å². The molecule has 12 heteroatoms. The van der Waals surface area contributed by atoms with Crippen molar-refractivity contribution in [1.82, 2.24) is 15.0 Å². The Labute approximate surface area is 349 Å². The van der Waals surface area contributed by atoms with Gasteiger partial charge >= 0.3 is 0 Å². The van der Waals surface area contributed by atoms with Gasteiger partial charge in [-0.2, -0.15) is 0 Å². The predicted molar refractivity (Wildman–Crippen MR) is 192 cm³/mol. The van der Waals surface area contributed by atoms with Gasteiger partial charge < -0.3 is 25.0 Å². The third-order valence-corrected chi connectivity index (χ3v) is 6.40. The van der Waals surface area contributed by atoms with E-state index in [4.69, 9.17) is 5.11 Å². The molecule has 0 aliphatic carbocycles. The Morgan fingerprint density at radius 2 is 1.34 bits per heavy atom. The van der Waals surface area contributed by atoms with Crippen LogP contribution < -0.4 is 4.90 Å². The van der Waals surface area contributed by atoms with E-state index in [0.717, 1.165) is 45.9 Å². The number of anilines is 1. The first kappa shape index (κ1) is 48.9. The van der Waals surface area contributed by atoms with Crippen molar-refractivity contribution in [2.45, 2.75) is 20.8 Å². The normalized spacial score (nSPS) is 9.70. The average molecular weight is 1250 g/mol. The van der Waals surface area contributed by atoms with Gasteiger partial charge in [0.2, 0.25) is 0 Å². The molecule has 3 aromatic heterocycles. The summed E-state index contributed by atoms with van der Waals surface area (Å²) in [7, 11) is 3.93. The van der Waals surface area contributed by atoms with E-state index >= 15 is 0 Å². The first-order valence-corrected chi connectivity index (χ1v) is 15.3. The number of aliphatic hydroxyl groups excluding tert-OH is 1. The van der Waals surface area contributed by atoms with Gasteiger partial charge in [0, 0.05) is 122 Å². The zero-order chi connectivity index (χ0) is 36.5. The fourth-order valence-corrected chi connectivity index (χ4v) is 4.09. The Morgan fingerprint density at radius 1 is 0.698 bits per heavy atom. The summed E-state index contributed by atoms with van der Waals surface area (Å²) >= 11 is 0. The summed E-state index contributed by atoms with van der Waals surface area (Å²) in [6, 6.07) is 36.0. The molecule has 0 saturated carbocycles. The standard InChI is InChI=1S/C13H12FN2.C12H8F2N.C11H8N.C5H8O2.3Ir/c1-16(2)12-7-8-15-13(9-12)10-3-5-11(14)6-4-10;1-8-4-5-15-12(6-8)10-3-2-9(13)7-11(10)14;1-2-6-10(7-3-1)11-8-4-5-9-12-11;1-4(6)3-5(2)7;;;/h3,5-9H,1-2H3;2,4-7H,1H3;1-6,8-9H;3,6H,1-2H3;;;/q3*-1;;;;. The molecule has 0 aliphatic rings. The number of aliphatic hydroxyl groups is 1. The number of pyridine rings is 3. The molecule has 0 aliphatic heterocycles. The van der Waals surface area contributed by atoms with Gasteiger partial charge in [0.1, 0.15) is 0 Å². The molecule has 3 radical (unpaired) electrons. The Morgan fingerprint density at radius 3 is 1.87 bits per heavy atom. The molecule has 0 spiro atoms. The number of carbonyl (C=O) groups is 1. The van der Waals surface area contributed by atoms with Crippen molar-refractivity contribution in [3.63, 3.8) is 0 Å². The molecular weight excluding hydrogens is 1210 g/mol. The van der Waals surface area contributed by atoms with Crippen LogP contribution in [0.25, 0.3) is 33.8 Å². The van der Waals surface area contributed by atoms with Crippen molar-refractivity contribution < 1.29 is 83.4 Å². The fourth-order valence-electron chi connectivity index (χ4n) is 4.09. The van der Waals surface area contributed by atoms with Crippen LogP contribution in [0.5, 0.6) is 0 Å². The Hall–Kier alpha value is -4.14. The van der Waals surface area contributed by atoms with Crippen LogP contribution >= 0.6 is 0 Å². The number of aryl methyl sites for hydroxylation is 1. The summed E-state index contributed by atoms with van der Waals surface area (Å²) in [4.78, 5) is 24.5. The fraction of sp³-hybridized carbons (Fsp3) is 0.122. The van der Waals surface area contributed by atoms with Gasteiger partial charge in [-0.1, -0.05) is 41.5 Å². The molecular formula is C41H36F3Ir3N4O2-3. The molecule has 1 N–H and O–H groups in total. The van der Waals surface area contributed by atoms with Crippen LogP contribution in [-0.4, -0.2) is 39.9 Å². The number of benzene rings is 3. The molecule has 3 heterocycles. The van der Waals surface area contributed by atoms with Crippen molar-refractivity contribution in [2.24, 2.45) is 0 Å². The molecule has 6 nitrogen and oxygen atoms in total. The molecule has 6 rings (SSSR count). The first-order valence-electron chi connectivity index (χ1n) is 15.3. The molecule has 3 aromatic carbocycles. The van der Waals surface area contributed by atoms with Gasteiger partial charge in [-0.05, 0) is 56.1 Å². The monoisotopic (exact) mass is 1250 g/mol. The number of ketones is 1. The van der Waals surface area contributed by atoms with Crippen LogP contribution in [0.2, 0.25) is 0 Å². The van der Waals surface area contributed by atoms with Crippen LogP contribution in [0.3, 0.4) is 0 Å². The molecule has 0 bridgehead atoms. The largest absolute Gasteiger partial charge is 0.512 e. The molecule has 0 fully saturated rings. The summed E-state index contributed by atoms with van der Waals surface area (Å²) in [5.74, 6) is -1.63. The number of aromatic nitrogens is 3. The Kier molecular flexibility index (Phi) is 23.8. The van der Waals surface area contributed by atoms with E-state index in [2.05, 4.69) is 33.2 Å². The summed E-state index contributed by atoms with van der Waals surface area (Å²) < 4.78 is 38.8. The van der Waals surface area contributed by atoms with Crippen molar-refractivity contribution in [2.75, 3.05) is 19.0 Å². The third kappa shape index (κ3) is 18.0. The van der Waals surface area contributed by atoms with E-state index in [-0.39, 0.29) is 83.2 Å². The second-order valence-corrected chi connectivity index (χ2v) is 10.9. The maximum absolute atomic E-state index is 13.4.